The van der Waals surface area contributed by atoms with Crippen molar-refractivity contribution in [1.29, 1.82) is 0 Å². The summed E-state index contributed by atoms with van der Waals surface area (Å²) in [6.45, 7) is 4.70. The maximum absolute atomic E-state index is 5.95. The first-order valence-corrected chi connectivity index (χ1v) is 8.66. The Morgan fingerprint density at radius 1 is 1.12 bits per heavy atom. The van der Waals surface area contributed by atoms with Gasteiger partial charge < -0.3 is 0 Å². The minimum Gasteiger partial charge on any atom is -0.294 e. The van der Waals surface area contributed by atoms with Gasteiger partial charge in [-0.1, -0.05) is 17.7 Å². The van der Waals surface area contributed by atoms with E-state index in [1.54, 1.807) is 12.4 Å². The molecule has 0 saturated carbocycles. The Bertz CT molecular complexity index is 898. The predicted molar refractivity (Wildman–Crippen MR) is 97.1 cm³/mol. The van der Waals surface area contributed by atoms with Crippen molar-refractivity contribution in [1.82, 2.24) is 24.8 Å². The van der Waals surface area contributed by atoms with E-state index in [-0.39, 0.29) is 0 Å². The molecule has 0 unspecified atom stereocenters. The smallest absolute Gasteiger partial charge is 0.159 e. The number of pyridine rings is 2. The van der Waals surface area contributed by atoms with E-state index in [1.165, 1.54) is 11.1 Å². The van der Waals surface area contributed by atoms with Gasteiger partial charge in [-0.05, 0) is 30.7 Å². The SMILES string of the molecule is Cc1nc(Cl)ccc1CN1CCc2nc(-c3ccncc3)ncc2C1. The summed E-state index contributed by atoms with van der Waals surface area (Å²) in [4.78, 5) is 20.1. The van der Waals surface area contributed by atoms with Gasteiger partial charge in [-0.2, -0.15) is 0 Å². The fourth-order valence-electron chi connectivity index (χ4n) is 3.12. The van der Waals surface area contributed by atoms with Gasteiger partial charge in [0.1, 0.15) is 5.15 Å². The normalized spacial score (nSPS) is 14.3. The topological polar surface area (TPSA) is 54.8 Å². The average Bonchev–Trinajstić information content (AvgIpc) is 2.64. The zero-order chi connectivity index (χ0) is 17.2. The molecule has 3 aromatic heterocycles. The number of aromatic nitrogens is 4. The Hall–Kier alpha value is -2.37. The summed E-state index contributed by atoms with van der Waals surface area (Å²) >= 11 is 5.95. The van der Waals surface area contributed by atoms with Crippen LogP contribution in [0, 0.1) is 6.92 Å². The molecule has 126 valence electrons. The van der Waals surface area contributed by atoms with E-state index in [4.69, 9.17) is 16.6 Å². The highest BCUT2D eigenvalue weighted by molar-refractivity contribution is 6.29. The van der Waals surface area contributed by atoms with Crippen LogP contribution in [-0.2, 0) is 19.5 Å². The molecule has 25 heavy (non-hydrogen) atoms. The third-order valence-electron chi connectivity index (χ3n) is 4.51. The molecule has 0 bridgehead atoms. The zero-order valence-corrected chi connectivity index (χ0v) is 14.7. The molecule has 0 atom stereocenters. The lowest BCUT2D eigenvalue weighted by molar-refractivity contribution is 0.242. The molecule has 1 aliphatic rings. The minimum absolute atomic E-state index is 0.544. The molecular weight excluding hydrogens is 334 g/mol. The van der Waals surface area contributed by atoms with E-state index in [1.807, 2.05) is 31.3 Å². The summed E-state index contributed by atoms with van der Waals surface area (Å²) in [7, 11) is 0. The molecule has 0 saturated heterocycles. The van der Waals surface area contributed by atoms with E-state index in [0.29, 0.717) is 5.15 Å². The molecule has 0 N–H and O–H groups in total. The Kier molecular flexibility index (Phi) is 4.42. The second-order valence-electron chi connectivity index (χ2n) is 6.24. The van der Waals surface area contributed by atoms with Crippen LogP contribution in [0.2, 0.25) is 5.15 Å². The van der Waals surface area contributed by atoms with Gasteiger partial charge in [0.25, 0.3) is 0 Å². The van der Waals surface area contributed by atoms with E-state index in [9.17, 15) is 0 Å². The summed E-state index contributed by atoms with van der Waals surface area (Å²) in [5.74, 6) is 0.771. The number of aryl methyl sites for hydroxylation is 1. The van der Waals surface area contributed by atoms with Gasteiger partial charge in [-0.15, -0.1) is 0 Å². The highest BCUT2D eigenvalue weighted by Crippen LogP contribution is 2.22. The van der Waals surface area contributed by atoms with Gasteiger partial charge in [0, 0.05) is 61.5 Å². The van der Waals surface area contributed by atoms with Crippen LogP contribution in [0.4, 0.5) is 0 Å². The second kappa shape index (κ2) is 6.86. The molecule has 5 nitrogen and oxygen atoms in total. The van der Waals surface area contributed by atoms with Gasteiger partial charge >= 0.3 is 0 Å². The third kappa shape index (κ3) is 3.52. The standard InChI is InChI=1S/C19H18ClN5/c1-13-15(2-3-18(20)23-13)11-25-9-6-17-16(12-25)10-22-19(24-17)14-4-7-21-8-5-14/h2-5,7-8,10H,6,9,11-12H2,1H3. The molecule has 3 aromatic rings. The fourth-order valence-corrected chi connectivity index (χ4v) is 3.31. The van der Waals surface area contributed by atoms with Crippen LogP contribution in [0.25, 0.3) is 11.4 Å². The van der Waals surface area contributed by atoms with Gasteiger partial charge in [0.05, 0.1) is 5.69 Å². The fraction of sp³-hybridized carbons (Fsp3) is 0.263. The Labute approximate surface area is 151 Å². The van der Waals surface area contributed by atoms with Gasteiger partial charge in [0.15, 0.2) is 5.82 Å². The van der Waals surface area contributed by atoms with Crippen molar-refractivity contribution in [3.63, 3.8) is 0 Å². The summed E-state index contributed by atoms with van der Waals surface area (Å²) in [6.07, 6.45) is 6.41. The van der Waals surface area contributed by atoms with Crippen LogP contribution < -0.4 is 0 Å². The number of hydrogen-bond donors (Lipinski definition) is 0. The lowest BCUT2D eigenvalue weighted by Gasteiger charge is -2.28. The highest BCUT2D eigenvalue weighted by Gasteiger charge is 2.19. The van der Waals surface area contributed by atoms with Crippen molar-refractivity contribution < 1.29 is 0 Å². The molecule has 1 aliphatic heterocycles. The maximum Gasteiger partial charge on any atom is 0.159 e. The number of halogens is 1. The minimum atomic E-state index is 0.544. The monoisotopic (exact) mass is 351 g/mol. The van der Waals surface area contributed by atoms with Gasteiger partial charge in [0.2, 0.25) is 0 Å². The summed E-state index contributed by atoms with van der Waals surface area (Å²) in [5.41, 5.74) is 5.54. The van der Waals surface area contributed by atoms with Crippen LogP contribution in [0.15, 0.2) is 42.9 Å². The molecule has 4 heterocycles. The third-order valence-corrected chi connectivity index (χ3v) is 4.72. The largest absolute Gasteiger partial charge is 0.294 e. The molecule has 0 fully saturated rings. The maximum atomic E-state index is 5.95. The van der Waals surface area contributed by atoms with Crippen LogP contribution in [0.1, 0.15) is 22.5 Å². The van der Waals surface area contributed by atoms with Crippen molar-refractivity contribution in [2.75, 3.05) is 6.54 Å². The molecule has 4 rings (SSSR count). The lowest BCUT2D eigenvalue weighted by Crippen LogP contribution is -2.31. The summed E-state index contributed by atoms with van der Waals surface area (Å²) in [5, 5.41) is 0.544. The molecule has 0 aromatic carbocycles. The molecular formula is C19H18ClN5. The molecule has 0 amide bonds. The van der Waals surface area contributed by atoms with Crippen molar-refractivity contribution >= 4 is 11.6 Å². The van der Waals surface area contributed by atoms with Crippen molar-refractivity contribution in [2.24, 2.45) is 0 Å². The van der Waals surface area contributed by atoms with Crippen molar-refractivity contribution in [3.8, 4) is 11.4 Å². The highest BCUT2D eigenvalue weighted by atomic mass is 35.5. The summed E-state index contributed by atoms with van der Waals surface area (Å²) in [6, 6.07) is 7.79. The van der Waals surface area contributed by atoms with Crippen LogP contribution in [-0.4, -0.2) is 31.4 Å². The molecule has 6 heteroatoms. The first-order chi connectivity index (χ1) is 12.2. The van der Waals surface area contributed by atoms with Gasteiger partial charge in [-0.3, -0.25) is 9.88 Å². The van der Waals surface area contributed by atoms with Gasteiger partial charge in [-0.25, -0.2) is 15.0 Å². The average molecular weight is 352 g/mol. The van der Waals surface area contributed by atoms with E-state index in [2.05, 4.69) is 25.9 Å². The first kappa shape index (κ1) is 16.1. The molecule has 0 spiro atoms. The van der Waals surface area contributed by atoms with Crippen LogP contribution in [0.3, 0.4) is 0 Å². The van der Waals surface area contributed by atoms with E-state index in [0.717, 1.165) is 48.8 Å². The Morgan fingerprint density at radius 3 is 2.76 bits per heavy atom. The molecule has 0 aliphatic carbocycles. The second-order valence-corrected chi connectivity index (χ2v) is 6.63. The van der Waals surface area contributed by atoms with Crippen molar-refractivity contribution in [2.45, 2.75) is 26.4 Å². The zero-order valence-electron chi connectivity index (χ0n) is 14.0. The Morgan fingerprint density at radius 2 is 1.96 bits per heavy atom. The number of fused-ring (bicyclic) bond motifs is 1. The van der Waals surface area contributed by atoms with Crippen LogP contribution in [0.5, 0.6) is 0 Å². The van der Waals surface area contributed by atoms with E-state index >= 15 is 0 Å². The number of rotatable bonds is 3. The first-order valence-electron chi connectivity index (χ1n) is 8.28. The van der Waals surface area contributed by atoms with Crippen LogP contribution >= 0.6 is 11.6 Å². The van der Waals surface area contributed by atoms with Crippen molar-refractivity contribution in [3.05, 3.63) is 70.5 Å². The molecule has 0 radical (unpaired) electrons. The Balaban J connectivity index is 1.52. The van der Waals surface area contributed by atoms with E-state index < -0.39 is 0 Å². The quantitative estimate of drug-likeness (QED) is 0.676. The number of hydrogen-bond acceptors (Lipinski definition) is 5. The lowest BCUT2D eigenvalue weighted by atomic mass is 10.1. The predicted octanol–water partition coefficient (Wildman–Crippen LogP) is 3.45. The number of nitrogens with zero attached hydrogens (tertiary/aromatic N) is 5. The summed E-state index contributed by atoms with van der Waals surface area (Å²) < 4.78 is 0.